The van der Waals surface area contributed by atoms with Gasteiger partial charge in [-0.05, 0) is 18.8 Å². The highest BCUT2D eigenvalue weighted by molar-refractivity contribution is 6.18. The highest BCUT2D eigenvalue weighted by Gasteiger charge is 2.25. The summed E-state index contributed by atoms with van der Waals surface area (Å²) in [5.41, 5.74) is 0. The summed E-state index contributed by atoms with van der Waals surface area (Å²) in [4.78, 5) is 14.2. The summed E-state index contributed by atoms with van der Waals surface area (Å²) in [5.74, 6) is 1.39. The minimum Gasteiger partial charge on any atom is -0.373 e. The molecule has 0 bridgehead atoms. The number of carbonyl (C=O) groups excluding carboxylic acids is 1. The summed E-state index contributed by atoms with van der Waals surface area (Å²) in [6.07, 6.45) is 8.50. The van der Waals surface area contributed by atoms with Gasteiger partial charge in [0.1, 0.15) is 0 Å². The van der Waals surface area contributed by atoms with E-state index in [0.29, 0.717) is 30.9 Å². The highest BCUT2D eigenvalue weighted by Crippen LogP contribution is 2.26. The SMILES string of the molecule is O=C(CC1CCCCCC1)N1CCOC(CCl)C1. The van der Waals surface area contributed by atoms with Crippen molar-refractivity contribution in [1.29, 1.82) is 0 Å². The standard InChI is InChI=1S/C14H24ClNO2/c15-10-13-11-16(7-8-18-13)14(17)9-12-5-3-1-2-4-6-12/h12-13H,1-11H2. The van der Waals surface area contributed by atoms with E-state index in [0.717, 1.165) is 13.0 Å². The van der Waals surface area contributed by atoms with Crippen molar-refractivity contribution < 1.29 is 9.53 Å². The Balaban J connectivity index is 1.79. The molecule has 0 aromatic rings. The third-order valence-electron chi connectivity index (χ3n) is 4.10. The number of nitrogens with zero attached hydrogens (tertiary/aromatic N) is 1. The number of morpholine rings is 1. The fraction of sp³-hybridized carbons (Fsp3) is 0.929. The third-order valence-corrected chi connectivity index (χ3v) is 4.45. The summed E-state index contributed by atoms with van der Waals surface area (Å²) in [7, 11) is 0. The summed E-state index contributed by atoms with van der Waals surface area (Å²) >= 11 is 5.80. The molecule has 1 aliphatic carbocycles. The summed E-state index contributed by atoms with van der Waals surface area (Å²) < 4.78 is 5.49. The summed E-state index contributed by atoms with van der Waals surface area (Å²) in [5, 5.41) is 0. The van der Waals surface area contributed by atoms with Crippen LogP contribution in [0, 0.1) is 5.92 Å². The van der Waals surface area contributed by atoms with E-state index in [1.165, 1.54) is 38.5 Å². The Kier molecular flexibility index (Phi) is 5.77. The van der Waals surface area contributed by atoms with Gasteiger partial charge in [0.05, 0.1) is 18.6 Å². The molecule has 0 aromatic heterocycles. The second-order valence-corrected chi connectivity index (χ2v) is 5.86. The molecular weight excluding hydrogens is 250 g/mol. The van der Waals surface area contributed by atoms with Crippen LogP contribution in [0.1, 0.15) is 44.9 Å². The third kappa shape index (κ3) is 4.13. The van der Waals surface area contributed by atoms with Crippen LogP contribution < -0.4 is 0 Å². The molecule has 2 aliphatic rings. The van der Waals surface area contributed by atoms with E-state index < -0.39 is 0 Å². The summed E-state index contributed by atoms with van der Waals surface area (Å²) in [6, 6.07) is 0. The van der Waals surface area contributed by atoms with E-state index in [1.807, 2.05) is 4.90 Å². The van der Waals surface area contributed by atoms with Crippen molar-refractivity contribution in [3.63, 3.8) is 0 Å². The number of halogens is 1. The van der Waals surface area contributed by atoms with Crippen LogP contribution in [0.4, 0.5) is 0 Å². The lowest BCUT2D eigenvalue weighted by atomic mass is 9.96. The number of ether oxygens (including phenoxy) is 1. The van der Waals surface area contributed by atoms with E-state index in [-0.39, 0.29) is 6.10 Å². The van der Waals surface area contributed by atoms with E-state index in [2.05, 4.69) is 0 Å². The lowest BCUT2D eigenvalue weighted by Gasteiger charge is -2.33. The molecule has 1 saturated heterocycles. The number of amides is 1. The van der Waals surface area contributed by atoms with Gasteiger partial charge in [0.2, 0.25) is 5.91 Å². The number of hydrogen-bond acceptors (Lipinski definition) is 2. The second-order valence-electron chi connectivity index (χ2n) is 5.55. The Bertz CT molecular complexity index is 265. The normalized spacial score (nSPS) is 26.9. The van der Waals surface area contributed by atoms with Crippen molar-refractivity contribution in [3.8, 4) is 0 Å². The first-order valence-corrected chi connectivity index (χ1v) is 7.78. The molecule has 2 fully saturated rings. The zero-order valence-corrected chi connectivity index (χ0v) is 11.8. The second kappa shape index (κ2) is 7.34. The lowest BCUT2D eigenvalue weighted by molar-refractivity contribution is -0.139. The molecule has 0 radical (unpaired) electrons. The number of carbonyl (C=O) groups is 1. The molecule has 1 saturated carbocycles. The van der Waals surface area contributed by atoms with Gasteiger partial charge in [0, 0.05) is 19.5 Å². The fourth-order valence-corrected chi connectivity index (χ4v) is 3.17. The van der Waals surface area contributed by atoms with Crippen LogP contribution in [0.5, 0.6) is 0 Å². The van der Waals surface area contributed by atoms with Gasteiger partial charge in [0.15, 0.2) is 0 Å². The molecule has 18 heavy (non-hydrogen) atoms. The van der Waals surface area contributed by atoms with E-state index >= 15 is 0 Å². The van der Waals surface area contributed by atoms with Crippen molar-refractivity contribution in [2.24, 2.45) is 5.92 Å². The maximum absolute atomic E-state index is 12.3. The first-order valence-electron chi connectivity index (χ1n) is 7.25. The largest absolute Gasteiger partial charge is 0.373 e. The van der Waals surface area contributed by atoms with Crippen LogP contribution in [0.3, 0.4) is 0 Å². The van der Waals surface area contributed by atoms with Gasteiger partial charge in [-0.15, -0.1) is 11.6 Å². The smallest absolute Gasteiger partial charge is 0.223 e. The quantitative estimate of drug-likeness (QED) is 0.585. The molecule has 0 aromatic carbocycles. The van der Waals surface area contributed by atoms with E-state index in [1.54, 1.807) is 0 Å². The molecule has 0 spiro atoms. The first-order chi connectivity index (χ1) is 8.79. The molecule has 2 rings (SSSR count). The Labute approximate surface area is 115 Å². The minimum absolute atomic E-state index is 0.0264. The molecule has 1 aliphatic heterocycles. The number of rotatable bonds is 3. The zero-order chi connectivity index (χ0) is 12.8. The van der Waals surface area contributed by atoms with Crippen LogP contribution >= 0.6 is 11.6 Å². The monoisotopic (exact) mass is 273 g/mol. The Morgan fingerprint density at radius 2 is 1.94 bits per heavy atom. The van der Waals surface area contributed by atoms with Gasteiger partial charge in [0.25, 0.3) is 0 Å². The molecule has 4 heteroatoms. The van der Waals surface area contributed by atoms with Gasteiger partial charge in [-0.3, -0.25) is 4.79 Å². The van der Waals surface area contributed by atoms with Gasteiger partial charge < -0.3 is 9.64 Å². The number of alkyl halides is 1. The maximum Gasteiger partial charge on any atom is 0.223 e. The molecular formula is C14H24ClNO2. The number of hydrogen-bond donors (Lipinski definition) is 0. The Morgan fingerprint density at radius 1 is 1.22 bits per heavy atom. The van der Waals surface area contributed by atoms with Crippen molar-refractivity contribution >= 4 is 17.5 Å². The van der Waals surface area contributed by atoms with Gasteiger partial charge in [-0.2, -0.15) is 0 Å². The molecule has 1 amide bonds. The van der Waals surface area contributed by atoms with Gasteiger partial charge in [-0.25, -0.2) is 0 Å². The predicted molar refractivity (Wildman–Crippen MR) is 72.8 cm³/mol. The molecule has 3 nitrogen and oxygen atoms in total. The van der Waals surface area contributed by atoms with E-state index in [9.17, 15) is 4.79 Å². The fourth-order valence-electron chi connectivity index (χ4n) is 2.98. The molecule has 104 valence electrons. The summed E-state index contributed by atoms with van der Waals surface area (Å²) in [6.45, 7) is 2.04. The van der Waals surface area contributed by atoms with Crippen molar-refractivity contribution in [2.75, 3.05) is 25.6 Å². The zero-order valence-electron chi connectivity index (χ0n) is 11.1. The Hall–Kier alpha value is -0.280. The maximum atomic E-state index is 12.3. The van der Waals surface area contributed by atoms with E-state index in [4.69, 9.17) is 16.3 Å². The molecule has 1 atom stereocenters. The topological polar surface area (TPSA) is 29.5 Å². The molecule has 0 N–H and O–H groups in total. The molecule has 1 unspecified atom stereocenters. The Morgan fingerprint density at radius 3 is 2.61 bits per heavy atom. The average molecular weight is 274 g/mol. The van der Waals surface area contributed by atoms with Crippen molar-refractivity contribution in [1.82, 2.24) is 4.90 Å². The van der Waals surface area contributed by atoms with Crippen LogP contribution in [-0.4, -0.2) is 42.5 Å². The van der Waals surface area contributed by atoms with Crippen molar-refractivity contribution in [3.05, 3.63) is 0 Å². The average Bonchev–Trinajstić information content (AvgIpc) is 2.67. The molecule has 1 heterocycles. The van der Waals surface area contributed by atoms with Crippen LogP contribution in [0.2, 0.25) is 0 Å². The van der Waals surface area contributed by atoms with Gasteiger partial charge >= 0.3 is 0 Å². The van der Waals surface area contributed by atoms with Crippen LogP contribution in [0.15, 0.2) is 0 Å². The van der Waals surface area contributed by atoms with Gasteiger partial charge in [-0.1, -0.05) is 25.7 Å². The van der Waals surface area contributed by atoms with Crippen molar-refractivity contribution in [2.45, 2.75) is 51.0 Å². The lowest BCUT2D eigenvalue weighted by Crippen LogP contribution is -2.46. The van der Waals surface area contributed by atoms with Crippen LogP contribution in [-0.2, 0) is 9.53 Å². The van der Waals surface area contributed by atoms with Crippen LogP contribution in [0.25, 0.3) is 0 Å². The first kappa shape index (κ1) is 14.1. The predicted octanol–water partition coefficient (Wildman–Crippen LogP) is 2.81. The highest BCUT2D eigenvalue weighted by atomic mass is 35.5. The minimum atomic E-state index is 0.0264.